The first-order chi connectivity index (χ1) is 6.57. The van der Waals surface area contributed by atoms with Crippen LogP contribution in [0.15, 0.2) is 12.7 Å². The minimum atomic E-state index is -2.77. The Balaban J connectivity index is 2.36. The molecular weight excluding hydrogens is 186 g/mol. The fourth-order valence-electron chi connectivity index (χ4n) is 1.44. The van der Waals surface area contributed by atoms with Crippen LogP contribution in [0.3, 0.4) is 0 Å². The second-order valence-electron chi connectivity index (χ2n) is 3.99. The van der Waals surface area contributed by atoms with E-state index >= 15 is 0 Å². The first-order valence-corrected chi connectivity index (χ1v) is 4.98. The van der Waals surface area contributed by atoms with Gasteiger partial charge in [0.25, 0.3) is 5.92 Å². The zero-order chi connectivity index (χ0) is 10.6. The zero-order valence-electron chi connectivity index (χ0n) is 8.38. The van der Waals surface area contributed by atoms with Gasteiger partial charge in [-0.25, -0.2) is 8.78 Å². The third kappa shape index (κ3) is 4.15. The van der Waals surface area contributed by atoms with Crippen LogP contribution in [0.5, 0.6) is 0 Å². The lowest BCUT2D eigenvalue weighted by Gasteiger charge is -2.25. The van der Waals surface area contributed by atoms with Crippen LogP contribution in [0.1, 0.15) is 12.8 Å². The van der Waals surface area contributed by atoms with Gasteiger partial charge in [0.15, 0.2) is 0 Å². The Morgan fingerprint density at radius 2 is 2.14 bits per heavy atom. The summed E-state index contributed by atoms with van der Waals surface area (Å²) in [5, 5.41) is 0. The van der Waals surface area contributed by atoms with E-state index in [1.807, 2.05) is 0 Å². The van der Waals surface area contributed by atoms with Crippen molar-refractivity contribution in [3.05, 3.63) is 12.7 Å². The summed E-state index contributed by atoms with van der Waals surface area (Å²) in [5.41, 5.74) is 4.99. The fraction of sp³-hybridized carbons (Fsp3) is 0.800. The summed E-state index contributed by atoms with van der Waals surface area (Å²) in [4.78, 5) is 1.73. The monoisotopic (exact) mass is 204 g/mol. The second-order valence-corrected chi connectivity index (χ2v) is 3.99. The van der Waals surface area contributed by atoms with Gasteiger partial charge < -0.3 is 5.73 Å². The van der Waals surface area contributed by atoms with Gasteiger partial charge in [-0.2, -0.15) is 0 Å². The Bertz CT molecular complexity index is 191. The lowest BCUT2D eigenvalue weighted by molar-refractivity contribution is -0.0217. The molecule has 0 aromatic rings. The average molecular weight is 204 g/mol. The van der Waals surface area contributed by atoms with E-state index in [9.17, 15) is 8.78 Å². The Labute approximate surface area is 83.8 Å². The SMILES string of the molecule is C=CCN(CC1CC1)CC(F)(F)CN. The summed E-state index contributed by atoms with van der Waals surface area (Å²) in [5.74, 6) is -2.15. The van der Waals surface area contributed by atoms with E-state index in [2.05, 4.69) is 6.58 Å². The van der Waals surface area contributed by atoms with E-state index in [1.165, 1.54) is 12.8 Å². The van der Waals surface area contributed by atoms with Crippen molar-refractivity contribution >= 4 is 0 Å². The van der Waals surface area contributed by atoms with Crippen LogP contribution >= 0.6 is 0 Å². The third-order valence-corrected chi connectivity index (χ3v) is 2.35. The van der Waals surface area contributed by atoms with Gasteiger partial charge in [0.2, 0.25) is 0 Å². The predicted octanol–water partition coefficient (Wildman–Crippen LogP) is 1.48. The van der Waals surface area contributed by atoms with Crippen molar-refractivity contribution in [1.29, 1.82) is 0 Å². The van der Waals surface area contributed by atoms with E-state index in [1.54, 1.807) is 11.0 Å². The van der Waals surface area contributed by atoms with Crippen LogP contribution in [0, 0.1) is 5.92 Å². The largest absolute Gasteiger partial charge is 0.325 e. The van der Waals surface area contributed by atoms with Gasteiger partial charge >= 0.3 is 0 Å². The van der Waals surface area contributed by atoms with E-state index in [4.69, 9.17) is 5.73 Å². The predicted molar refractivity (Wildman–Crippen MR) is 53.4 cm³/mol. The molecule has 0 spiro atoms. The minimum absolute atomic E-state index is 0.244. The van der Waals surface area contributed by atoms with Crippen molar-refractivity contribution in [2.24, 2.45) is 11.7 Å². The van der Waals surface area contributed by atoms with Crippen LogP contribution in [-0.2, 0) is 0 Å². The Hall–Kier alpha value is -0.480. The van der Waals surface area contributed by atoms with Gasteiger partial charge in [0.05, 0.1) is 13.1 Å². The summed E-state index contributed by atoms with van der Waals surface area (Å²) in [6.07, 6.45) is 4.00. The highest BCUT2D eigenvalue weighted by atomic mass is 19.3. The van der Waals surface area contributed by atoms with Crippen molar-refractivity contribution in [2.45, 2.75) is 18.8 Å². The highest BCUT2D eigenvalue weighted by Gasteiger charge is 2.32. The molecule has 1 fully saturated rings. The lowest BCUT2D eigenvalue weighted by atomic mass is 10.2. The number of hydrogen-bond donors (Lipinski definition) is 1. The summed E-state index contributed by atoms with van der Waals surface area (Å²) in [6.45, 7) is 4.02. The van der Waals surface area contributed by atoms with Crippen molar-refractivity contribution in [3.8, 4) is 0 Å². The molecule has 1 aliphatic rings. The average Bonchev–Trinajstić information content (AvgIpc) is 2.88. The standard InChI is InChI=1S/C10H18F2N2/c1-2-5-14(6-9-3-4-9)8-10(11,12)7-13/h2,9H,1,3-8,13H2. The van der Waals surface area contributed by atoms with E-state index in [0.717, 1.165) is 6.54 Å². The molecule has 0 bridgehead atoms. The summed E-state index contributed by atoms with van der Waals surface area (Å²) < 4.78 is 26.0. The number of nitrogens with two attached hydrogens (primary N) is 1. The molecule has 2 N–H and O–H groups in total. The normalized spacial score (nSPS) is 17.4. The minimum Gasteiger partial charge on any atom is -0.325 e. The smallest absolute Gasteiger partial charge is 0.272 e. The molecule has 0 aliphatic heterocycles. The molecule has 1 aliphatic carbocycles. The van der Waals surface area contributed by atoms with Crippen molar-refractivity contribution in [2.75, 3.05) is 26.2 Å². The van der Waals surface area contributed by atoms with Gasteiger partial charge in [-0.05, 0) is 18.8 Å². The molecule has 0 aromatic carbocycles. The number of alkyl halides is 2. The second kappa shape index (κ2) is 4.84. The summed E-state index contributed by atoms with van der Waals surface area (Å²) in [7, 11) is 0. The van der Waals surface area contributed by atoms with Crippen molar-refractivity contribution < 1.29 is 8.78 Å². The topological polar surface area (TPSA) is 29.3 Å². The van der Waals surface area contributed by atoms with Gasteiger partial charge in [-0.1, -0.05) is 6.08 Å². The van der Waals surface area contributed by atoms with Crippen LogP contribution in [0.4, 0.5) is 8.78 Å². The Morgan fingerprint density at radius 3 is 2.57 bits per heavy atom. The molecule has 0 heterocycles. The summed E-state index contributed by atoms with van der Waals surface area (Å²) in [6, 6.07) is 0. The molecule has 0 atom stereocenters. The molecule has 2 nitrogen and oxygen atoms in total. The van der Waals surface area contributed by atoms with Gasteiger partial charge in [0.1, 0.15) is 0 Å². The van der Waals surface area contributed by atoms with Gasteiger partial charge in [-0.3, -0.25) is 4.90 Å². The molecule has 0 aromatic heterocycles. The quantitative estimate of drug-likeness (QED) is 0.636. The molecule has 82 valence electrons. The third-order valence-electron chi connectivity index (χ3n) is 2.35. The van der Waals surface area contributed by atoms with Crippen molar-refractivity contribution in [1.82, 2.24) is 4.90 Å². The number of halogens is 2. The number of rotatable bonds is 7. The van der Waals surface area contributed by atoms with Gasteiger partial charge in [0, 0.05) is 13.1 Å². The molecule has 0 amide bonds. The van der Waals surface area contributed by atoms with E-state index in [0.29, 0.717) is 12.5 Å². The Morgan fingerprint density at radius 1 is 1.50 bits per heavy atom. The van der Waals surface area contributed by atoms with E-state index < -0.39 is 12.5 Å². The fourth-order valence-corrected chi connectivity index (χ4v) is 1.44. The van der Waals surface area contributed by atoms with Crippen LogP contribution < -0.4 is 5.73 Å². The first kappa shape index (κ1) is 11.6. The molecule has 1 rings (SSSR count). The molecule has 1 saturated carbocycles. The van der Waals surface area contributed by atoms with Gasteiger partial charge in [-0.15, -0.1) is 6.58 Å². The molecular formula is C10H18F2N2. The van der Waals surface area contributed by atoms with Crippen molar-refractivity contribution in [3.63, 3.8) is 0 Å². The maximum atomic E-state index is 13.0. The molecule has 4 heteroatoms. The molecule has 0 unspecified atom stereocenters. The number of nitrogens with zero attached hydrogens (tertiary/aromatic N) is 1. The molecule has 0 radical (unpaired) electrons. The first-order valence-electron chi connectivity index (χ1n) is 4.98. The highest BCUT2D eigenvalue weighted by molar-refractivity contribution is 4.84. The van der Waals surface area contributed by atoms with E-state index in [-0.39, 0.29) is 6.54 Å². The van der Waals surface area contributed by atoms with Crippen LogP contribution in [0.25, 0.3) is 0 Å². The Kier molecular flexibility index (Phi) is 4.01. The molecule has 0 saturated heterocycles. The number of hydrogen-bond acceptors (Lipinski definition) is 2. The maximum absolute atomic E-state index is 13.0. The molecule has 14 heavy (non-hydrogen) atoms. The van der Waals surface area contributed by atoms with Crippen LogP contribution in [0.2, 0.25) is 0 Å². The highest BCUT2D eigenvalue weighted by Crippen LogP contribution is 2.30. The lowest BCUT2D eigenvalue weighted by Crippen LogP contribution is -2.42. The van der Waals surface area contributed by atoms with Crippen LogP contribution in [-0.4, -0.2) is 37.0 Å². The summed E-state index contributed by atoms with van der Waals surface area (Å²) >= 11 is 0. The zero-order valence-corrected chi connectivity index (χ0v) is 8.38. The maximum Gasteiger partial charge on any atom is 0.272 e.